The smallest absolute Gasteiger partial charge is 0.162 e. The lowest BCUT2D eigenvalue weighted by Crippen LogP contribution is -2.37. The van der Waals surface area contributed by atoms with Crippen LogP contribution in [0.15, 0.2) is 70.5 Å². The molecule has 0 amide bonds. The average molecular weight is 524 g/mol. The van der Waals surface area contributed by atoms with Crippen molar-refractivity contribution in [2.75, 3.05) is 32.3 Å². The molecule has 1 aliphatic heterocycles. The Morgan fingerprint density at radius 2 is 1.78 bits per heavy atom. The van der Waals surface area contributed by atoms with Crippen LogP contribution in [0, 0.1) is 11.3 Å². The molecule has 2 N–H and O–H groups in total. The van der Waals surface area contributed by atoms with E-state index in [4.69, 9.17) is 19.8 Å². The molecule has 0 aromatic heterocycles. The lowest BCUT2D eigenvalue weighted by atomic mass is 10.1. The first-order valence-corrected chi connectivity index (χ1v) is 13.1. The average Bonchev–Trinajstić information content (AvgIpc) is 3.33. The number of nitrogens with one attached hydrogen (secondary N) is 1. The summed E-state index contributed by atoms with van der Waals surface area (Å²) in [6.45, 7) is 2.13. The van der Waals surface area contributed by atoms with Gasteiger partial charge in [0.2, 0.25) is 0 Å². The van der Waals surface area contributed by atoms with Crippen LogP contribution in [0.1, 0.15) is 24.1 Å². The Morgan fingerprint density at radius 3 is 2.33 bits per heavy atom. The van der Waals surface area contributed by atoms with Crippen molar-refractivity contribution in [3.8, 4) is 23.3 Å². The Labute approximate surface area is 220 Å². The van der Waals surface area contributed by atoms with Gasteiger partial charge in [-0.2, -0.15) is 5.26 Å². The molecule has 0 aliphatic carbocycles. The maximum Gasteiger partial charge on any atom is 0.162 e. The molecule has 4 rings (SSSR count). The minimum atomic E-state index is -0.325. The fourth-order valence-corrected chi connectivity index (χ4v) is 5.36. The van der Waals surface area contributed by atoms with Crippen molar-refractivity contribution in [2.45, 2.75) is 28.3 Å². The fourth-order valence-electron chi connectivity index (χ4n) is 3.56. The lowest BCUT2D eigenvalue weighted by molar-refractivity contribution is -0.112. The van der Waals surface area contributed by atoms with E-state index >= 15 is 0 Å². The molecule has 3 aromatic rings. The van der Waals surface area contributed by atoms with E-state index in [1.807, 2.05) is 42.3 Å². The van der Waals surface area contributed by atoms with Crippen molar-refractivity contribution in [3.63, 3.8) is 0 Å². The van der Waals surface area contributed by atoms with Crippen LogP contribution in [0.3, 0.4) is 0 Å². The largest absolute Gasteiger partial charge is 0.508 e. The molecular formula is C27H29N3O4S2. The number of methoxy groups -OCH3 is 2. The standard InChI is InChI=1S/C20H24N2O3S2.C7H5NO/c1-5-26-14-8-6-13(7-9-14)16(12-23)22(2)20-21-15-10-17(24-3)18(25-4)11-19(15)27-20;8-5-6-1-3-7(9)4-2-6/h6-12,16,20-21H,5H2,1-4H3;1-4,9H/t16-,20?;/m1./s1. The van der Waals surface area contributed by atoms with Gasteiger partial charge >= 0.3 is 0 Å². The lowest BCUT2D eigenvalue weighted by Gasteiger charge is -2.29. The summed E-state index contributed by atoms with van der Waals surface area (Å²) >= 11 is 3.45. The summed E-state index contributed by atoms with van der Waals surface area (Å²) in [5.74, 6) is 2.60. The van der Waals surface area contributed by atoms with Crippen molar-refractivity contribution in [2.24, 2.45) is 0 Å². The van der Waals surface area contributed by atoms with Crippen LogP contribution < -0.4 is 14.8 Å². The topological polar surface area (TPSA) is 94.8 Å². The molecule has 0 saturated heterocycles. The second-order valence-electron chi connectivity index (χ2n) is 7.73. The molecule has 1 aliphatic rings. The van der Waals surface area contributed by atoms with Gasteiger partial charge in [-0.15, -0.1) is 11.8 Å². The van der Waals surface area contributed by atoms with E-state index in [9.17, 15) is 4.79 Å². The van der Waals surface area contributed by atoms with Crippen molar-refractivity contribution in [3.05, 3.63) is 71.8 Å². The number of nitrogens with zero attached hydrogens (tertiary/aromatic N) is 2. The first kappa shape index (κ1) is 27.3. The highest BCUT2D eigenvalue weighted by Crippen LogP contribution is 2.46. The summed E-state index contributed by atoms with van der Waals surface area (Å²) < 4.78 is 10.8. The van der Waals surface area contributed by atoms with E-state index in [-0.39, 0.29) is 17.3 Å². The van der Waals surface area contributed by atoms with Crippen LogP contribution in [0.2, 0.25) is 0 Å². The number of hydrogen-bond acceptors (Lipinski definition) is 9. The zero-order chi connectivity index (χ0) is 26.1. The van der Waals surface area contributed by atoms with Gasteiger partial charge in [0.1, 0.15) is 17.5 Å². The Hall–Kier alpha value is -3.32. The van der Waals surface area contributed by atoms with E-state index in [2.05, 4.69) is 24.4 Å². The highest BCUT2D eigenvalue weighted by atomic mass is 32.2. The molecule has 9 heteroatoms. The third-order valence-corrected chi connectivity index (χ3v) is 7.63. The van der Waals surface area contributed by atoms with Crippen molar-refractivity contribution in [1.29, 1.82) is 5.26 Å². The second kappa shape index (κ2) is 13.1. The number of phenols is 1. The molecular weight excluding hydrogens is 494 g/mol. The van der Waals surface area contributed by atoms with Gasteiger partial charge in [0.05, 0.1) is 37.6 Å². The van der Waals surface area contributed by atoms with E-state index in [1.165, 1.54) is 17.0 Å². The zero-order valence-electron chi connectivity index (χ0n) is 20.6. The van der Waals surface area contributed by atoms with E-state index < -0.39 is 0 Å². The van der Waals surface area contributed by atoms with Gasteiger partial charge in [0, 0.05) is 15.9 Å². The molecule has 0 bridgehead atoms. The van der Waals surface area contributed by atoms with Gasteiger partial charge in [-0.1, -0.05) is 30.8 Å². The third-order valence-electron chi connectivity index (χ3n) is 5.47. The minimum Gasteiger partial charge on any atom is -0.508 e. The first-order valence-electron chi connectivity index (χ1n) is 11.2. The number of phenolic OH excluding ortho intramolecular Hbond substituents is 1. The number of aromatic hydroxyl groups is 1. The van der Waals surface area contributed by atoms with Crippen LogP contribution in [0.5, 0.6) is 17.2 Å². The quantitative estimate of drug-likeness (QED) is 0.282. The number of carbonyl (C=O) groups excluding carboxylic acids is 1. The number of anilines is 1. The minimum absolute atomic E-state index is 0.0586. The molecule has 0 spiro atoms. The van der Waals surface area contributed by atoms with Gasteiger partial charge in [0.15, 0.2) is 11.5 Å². The fraction of sp³-hybridized carbons (Fsp3) is 0.259. The SMILES string of the molecule is CCSc1ccc([C@@H](C=O)N(C)C2Nc3cc(OC)c(OC)cc3S2)cc1.N#Cc1ccc(O)cc1. The molecule has 1 heterocycles. The van der Waals surface area contributed by atoms with E-state index in [0.717, 1.165) is 28.2 Å². The number of ether oxygens (including phenoxy) is 2. The van der Waals surface area contributed by atoms with Gasteiger partial charge in [-0.25, -0.2) is 0 Å². The van der Waals surface area contributed by atoms with E-state index in [1.54, 1.807) is 49.9 Å². The number of hydrogen-bond donors (Lipinski definition) is 2. The normalized spacial score (nSPS) is 14.5. The molecule has 36 heavy (non-hydrogen) atoms. The van der Waals surface area contributed by atoms with Gasteiger partial charge < -0.3 is 24.7 Å². The van der Waals surface area contributed by atoms with Gasteiger partial charge in [-0.05, 0) is 60.8 Å². The van der Waals surface area contributed by atoms with E-state index in [0.29, 0.717) is 17.1 Å². The summed E-state index contributed by atoms with van der Waals surface area (Å²) in [7, 11) is 5.21. The van der Waals surface area contributed by atoms with Crippen molar-refractivity contribution >= 4 is 35.5 Å². The highest BCUT2D eigenvalue weighted by Gasteiger charge is 2.31. The number of fused-ring (bicyclic) bond motifs is 1. The van der Waals surface area contributed by atoms with Crippen molar-refractivity contribution in [1.82, 2.24) is 4.90 Å². The number of nitriles is 1. The predicted octanol–water partition coefficient (Wildman–Crippen LogP) is 5.75. The summed E-state index contributed by atoms with van der Waals surface area (Å²) in [6, 6.07) is 19.8. The molecule has 1 unspecified atom stereocenters. The summed E-state index contributed by atoms with van der Waals surface area (Å²) in [5.41, 5.74) is 2.47. The Morgan fingerprint density at radius 1 is 1.14 bits per heavy atom. The first-order chi connectivity index (χ1) is 17.4. The number of thioether (sulfide) groups is 2. The highest BCUT2D eigenvalue weighted by molar-refractivity contribution is 8.00. The van der Waals surface area contributed by atoms with Crippen LogP contribution in [0.4, 0.5) is 5.69 Å². The Kier molecular flexibility index (Phi) is 9.94. The molecule has 2 atom stereocenters. The number of aldehydes is 1. The predicted molar refractivity (Wildman–Crippen MR) is 145 cm³/mol. The third kappa shape index (κ3) is 6.66. The molecule has 7 nitrogen and oxygen atoms in total. The van der Waals surface area contributed by atoms with Crippen LogP contribution in [-0.4, -0.2) is 48.8 Å². The molecule has 3 aromatic carbocycles. The Bertz CT molecular complexity index is 1160. The number of rotatable bonds is 8. The summed E-state index contributed by atoms with van der Waals surface area (Å²) in [6.07, 6.45) is 0.994. The maximum absolute atomic E-state index is 11.9. The Balaban J connectivity index is 0.000000338. The molecule has 0 fully saturated rings. The molecule has 0 saturated carbocycles. The second-order valence-corrected chi connectivity index (χ2v) is 10.2. The summed E-state index contributed by atoms with van der Waals surface area (Å²) in [5, 5.41) is 20.5. The molecule has 0 radical (unpaired) electrons. The van der Waals surface area contributed by atoms with Crippen LogP contribution in [-0.2, 0) is 4.79 Å². The van der Waals surface area contributed by atoms with Crippen LogP contribution in [0.25, 0.3) is 0 Å². The van der Waals surface area contributed by atoms with Gasteiger partial charge in [-0.3, -0.25) is 4.90 Å². The number of carbonyl (C=O) groups is 1. The monoisotopic (exact) mass is 523 g/mol. The summed E-state index contributed by atoms with van der Waals surface area (Å²) in [4.78, 5) is 16.2. The number of likely N-dealkylation sites (N-methyl/N-ethyl adjacent to an activating group) is 1. The van der Waals surface area contributed by atoms with Gasteiger partial charge in [0.25, 0.3) is 0 Å². The zero-order valence-corrected chi connectivity index (χ0v) is 22.2. The van der Waals surface area contributed by atoms with Crippen LogP contribution >= 0.6 is 23.5 Å². The molecule has 188 valence electrons. The maximum atomic E-state index is 11.9. The van der Waals surface area contributed by atoms with Crippen molar-refractivity contribution < 1.29 is 19.4 Å². The number of benzene rings is 3.